The Labute approximate surface area is 132 Å². The summed E-state index contributed by atoms with van der Waals surface area (Å²) in [4.78, 5) is 19.3. The molecule has 0 aromatic rings. The highest BCUT2D eigenvalue weighted by atomic mass is 16.1. The minimum Gasteiger partial charge on any atom is -0.302 e. The van der Waals surface area contributed by atoms with Crippen molar-refractivity contribution in [2.24, 2.45) is 26.6 Å². The Morgan fingerprint density at radius 1 is 1.13 bits per heavy atom. The largest absolute Gasteiger partial charge is 0.302 e. The van der Waals surface area contributed by atoms with Gasteiger partial charge in [-0.1, -0.05) is 15.3 Å². The number of rotatable bonds is 9. The molecule has 1 saturated carbocycles. The smallest absolute Gasteiger partial charge is 0.138 e. The maximum atomic E-state index is 11.1. The van der Waals surface area contributed by atoms with Gasteiger partial charge in [0.05, 0.1) is 6.04 Å². The third kappa shape index (κ3) is 5.33. The quantitative estimate of drug-likeness (QED) is 0.170. The Morgan fingerprint density at radius 3 is 2.09 bits per heavy atom. The van der Waals surface area contributed by atoms with Crippen molar-refractivity contribution in [3.63, 3.8) is 0 Å². The predicted molar refractivity (Wildman–Crippen MR) is 82.6 cm³/mol. The number of hydrogen-bond donors (Lipinski definition) is 1. The third-order valence-corrected chi connectivity index (χ3v) is 4.25. The van der Waals surface area contributed by atoms with Crippen LogP contribution in [0, 0.1) is 5.41 Å². The number of hydrogen-bond acceptors (Lipinski definition) is 6. The van der Waals surface area contributed by atoms with Crippen LogP contribution in [0.4, 0.5) is 0 Å². The second-order valence-electron chi connectivity index (χ2n) is 5.57. The van der Waals surface area contributed by atoms with E-state index in [1.807, 2.05) is 0 Å². The molecule has 12 nitrogen and oxygen atoms in total. The number of azide groups is 3. The lowest BCUT2D eigenvalue weighted by Crippen LogP contribution is -2.53. The molecule has 12 heteroatoms. The first-order valence-electron chi connectivity index (χ1n) is 7.13. The van der Waals surface area contributed by atoms with Crippen LogP contribution in [0.15, 0.2) is 15.3 Å². The van der Waals surface area contributed by atoms with Crippen LogP contribution in [0.25, 0.3) is 31.3 Å². The Morgan fingerprint density at radius 2 is 1.65 bits per heavy atom. The molecular weight excluding hydrogens is 302 g/mol. The molecule has 0 amide bonds. The first-order chi connectivity index (χ1) is 11.1. The average molecular weight is 321 g/mol. The van der Waals surface area contributed by atoms with Crippen LogP contribution in [-0.2, 0) is 4.79 Å². The number of nitrogens with two attached hydrogens (primary N) is 1. The van der Waals surface area contributed by atoms with Gasteiger partial charge in [-0.05, 0) is 47.7 Å². The highest BCUT2D eigenvalue weighted by Crippen LogP contribution is 2.38. The SMILES string of the molecule is [N-]=[N+]=NC[C@H](C=O)N(N)C1CCC(CN=[N+]=[N-])(CN=[N+]=[N-])CC1. The van der Waals surface area contributed by atoms with Crippen LogP contribution in [0.1, 0.15) is 25.7 Å². The molecule has 1 fully saturated rings. The number of carbonyl (C=O) groups excluding carboxylic acids is 1. The molecule has 0 unspecified atom stereocenters. The molecule has 0 bridgehead atoms. The molecule has 0 heterocycles. The lowest BCUT2D eigenvalue weighted by Gasteiger charge is -2.42. The zero-order valence-electron chi connectivity index (χ0n) is 12.6. The van der Waals surface area contributed by atoms with Crippen molar-refractivity contribution in [1.82, 2.24) is 5.01 Å². The molecule has 0 aromatic heterocycles. The molecule has 124 valence electrons. The van der Waals surface area contributed by atoms with Crippen molar-refractivity contribution in [3.8, 4) is 0 Å². The van der Waals surface area contributed by atoms with Crippen molar-refractivity contribution in [2.75, 3.05) is 19.6 Å². The minimum absolute atomic E-state index is 0.0183. The van der Waals surface area contributed by atoms with Gasteiger partial charge in [0.25, 0.3) is 0 Å². The predicted octanol–water partition coefficient (Wildman–Crippen LogP) is 2.59. The van der Waals surface area contributed by atoms with Gasteiger partial charge in [0, 0.05) is 40.4 Å². The van der Waals surface area contributed by atoms with Crippen molar-refractivity contribution >= 4 is 6.29 Å². The third-order valence-electron chi connectivity index (χ3n) is 4.25. The van der Waals surface area contributed by atoms with E-state index in [-0.39, 0.29) is 31.1 Å². The van der Waals surface area contributed by atoms with E-state index < -0.39 is 6.04 Å². The van der Waals surface area contributed by atoms with E-state index in [2.05, 4.69) is 30.1 Å². The van der Waals surface area contributed by atoms with Gasteiger partial charge in [0.15, 0.2) is 0 Å². The zero-order valence-corrected chi connectivity index (χ0v) is 12.6. The summed E-state index contributed by atoms with van der Waals surface area (Å²) in [5.41, 5.74) is 25.0. The normalized spacial score (nSPS) is 24.7. The van der Waals surface area contributed by atoms with Crippen molar-refractivity contribution in [2.45, 2.75) is 37.8 Å². The molecule has 0 radical (unpaired) electrons. The number of aldehydes is 1. The summed E-state index contributed by atoms with van der Waals surface area (Å²) in [7, 11) is 0. The molecule has 23 heavy (non-hydrogen) atoms. The summed E-state index contributed by atoms with van der Waals surface area (Å²) in [6.45, 7) is 0.501. The van der Waals surface area contributed by atoms with Gasteiger partial charge in [-0.25, -0.2) is 5.01 Å². The highest BCUT2D eigenvalue weighted by molar-refractivity contribution is 5.57. The van der Waals surface area contributed by atoms with Crippen molar-refractivity contribution in [3.05, 3.63) is 31.3 Å². The van der Waals surface area contributed by atoms with Crippen LogP contribution in [0.3, 0.4) is 0 Å². The maximum absolute atomic E-state index is 11.1. The Bertz CT molecular complexity index is 514. The summed E-state index contributed by atoms with van der Waals surface area (Å²) in [5.74, 6) is 5.99. The van der Waals surface area contributed by atoms with Gasteiger partial charge in [0.1, 0.15) is 6.29 Å². The monoisotopic (exact) mass is 321 g/mol. The maximum Gasteiger partial charge on any atom is 0.138 e. The molecule has 0 saturated heterocycles. The Hall–Kier alpha value is -2.48. The minimum atomic E-state index is -0.669. The van der Waals surface area contributed by atoms with E-state index in [0.29, 0.717) is 32.0 Å². The van der Waals surface area contributed by atoms with Crippen LogP contribution in [-0.4, -0.2) is 43.0 Å². The molecule has 1 atom stereocenters. The van der Waals surface area contributed by atoms with E-state index in [1.165, 1.54) is 5.01 Å². The van der Waals surface area contributed by atoms with Crippen LogP contribution in [0.5, 0.6) is 0 Å². The molecule has 0 spiro atoms. The van der Waals surface area contributed by atoms with Crippen LogP contribution >= 0.6 is 0 Å². The second kappa shape index (κ2) is 9.52. The van der Waals surface area contributed by atoms with Gasteiger partial charge in [-0.15, -0.1) is 0 Å². The van der Waals surface area contributed by atoms with Crippen molar-refractivity contribution in [1.29, 1.82) is 0 Å². The molecule has 2 N–H and O–H groups in total. The lowest BCUT2D eigenvalue weighted by atomic mass is 9.72. The van der Waals surface area contributed by atoms with E-state index in [9.17, 15) is 4.79 Å². The highest BCUT2D eigenvalue weighted by Gasteiger charge is 2.37. The topological polar surface area (TPSA) is 193 Å². The summed E-state index contributed by atoms with van der Waals surface area (Å²) in [5, 5.41) is 12.1. The van der Waals surface area contributed by atoms with E-state index in [4.69, 9.17) is 22.4 Å². The van der Waals surface area contributed by atoms with Gasteiger partial charge in [0.2, 0.25) is 0 Å². The van der Waals surface area contributed by atoms with Crippen LogP contribution in [0.2, 0.25) is 0 Å². The Balaban J connectivity index is 2.72. The first-order valence-corrected chi connectivity index (χ1v) is 7.13. The first kappa shape index (κ1) is 18.6. The van der Waals surface area contributed by atoms with Gasteiger partial charge < -0.3 is 4.79 Å². The molecule has 1 aliphatic carbocycles. The van der Waals surface area contributed by atoms with Crippen molar-refractivity contribution < 1.29 is 4.79 Å². The Kier molecular flexibility index (Phi) is 7.69. The fourth-order valence-corrected chi connectivity index (χ4v) is 2.84. The van der Waals surface area contributed by atoms with E-state index >= 15 is 0 Å². The fourth-order valence-electron chi connectivity index (χ4n) is 2.84. The number of hydrazine groups is 1. The standard InChI is InChI=1S/C11H19N11O/c12-19-16-5-10(6-23)22(15)9-1-3-11(4-2-9,7-17-20-13)8-18-21-14/h6,9-10H,1-5,7-8,15H2/t10-/m1/s1. The summed E-state index contributed by atoms with van der Waals surface area (Å²) >= 11 is 0. The van der Waals surface area contributed by atoms with Gasteiger partial charge in [-0.3, -0.25) is 5.84 Å². The molecule has 1 aliphatic rings. The van der Waals surface area contributed by atoms with E-state index in [0.717, 1.165) is 0 Å². The fraction of sp³-hybridized carbons (Fsp3) is 0.909. The second-order valence-corrected chi connectivity index (χ2v) is 5.57. The average Bonchev–Trinajstić information content (AvgIpc) is 2.59. The number of carbonyl (C=O) groups is 1. The number of nitrogens with zero attached hydrogens (tertiary/aromatic N) is 10. The van der Waals surface area contributed by atoms with E-state index in [1.54, 1.807) is 0 Å². The molecular formula is C11H19N11O. The van der Waals surface area contributed by atoms with Gasteiger partial charge >= 0.3 is 0 Å². The van der Waals surface area contributed by atoms with Gasteiger partial charge in [-0.2, -0.15) is 0 Å². The lowest BCUT2D eigenvalue weighted by molar-refractivity contribution is -0.113. The molecule has 1 rings (SSSR count). The summed E-state index contributed by atoms with van der Waals surface area (Å²) in [6, 6.07) is -0.720. The zero-order chi connectivity index (χ0) is 17.1. The molecule has 0 aromatic carbocycles. The summed E-state index contributed by atoms with van der Waals surface area (Å²) < 4.78 is 0. The summed E-state index contributed by atoms with van der Waals surface area (Å²) in [6.07, 6.45) is 3.32. The molecule has 0 aliphatic heterocycles. The van der Waals surface area contributed by atoms with Crippen LogP contribution < -0.4 is 5.84 Å².